The fraction of sp³-hybridized carbons (Fsp3) is 0.435. The van der Waals surface area contributed by atoms with Crippen LogP contribution in [0.5, 0.6) is 0 Å². The van der Waals surface area contributed by atoms with E-state index in [0.717, 1.165) is 31.6 Å². The number of hydrogen-bond donors (Lipinski definition) is 2. The highest BCUT2D eigenvalue weighted by Crippen LogP contribution is 2.24. The van der Waals surface area contributed by atoms with Crippen LogP contribution in [0.25, 0.3) is 0 Å². The first kappa shape index (κ1) is 26.6. The highest BCUT2D eigenvalue weighted by atomic mass is 127. The van der Waals surface area contributed by atoms with Crippen LogP contribution in [0.3, 0.4) is 0 Å². The number of aryl methyl sites for hydroxylation is 2. The molecule has 2 aromatic carbocycles. The number of para-hydroxylation sites is 1. The van der Waals surface area contributed by atoms with E-state index >= 15 is 0 Å². The molecule has 1 saturated heterocycles. The van der Waals surface area contributed by atoms with Crippen LogP contribution in [0.15, 0.2) is 52.4 Å². The van der Waals surface area contributed by atoms with Gasteiger partial charge >= 0.3 is 0 Å². The lowest BCUT2D eigenvalue weighted by molar-refractivity contribution is 0.222. The second kappa shape index (κ2) is 12.0. The number of piperazine rings is 1. The van der Waals surface area contributed by atoms with Crippen molar-refractivity contribution in [3.05, 3.63) is 59.2 Å². The van der Waals surface area contributed by atoms with Crippen LogP contribution in [0.4, 0.5) is 5.69 Å². The molecule has 176 valence electrons. The van der Waals surface area contributed by atoms with Gasteiger partial charge in [0.1, 0.15) is 0 Å². The van der Waals surface area contributed by atoms with Gasteiger partial charge in [0.05, 0.1) is 11.4 Å². The summed E-state index contributed by atoms with van der Waals surface area (Å²) in [6, 6.07) is 13.2. The van der Waals surface area contributed by atoms with Crippen molar-refractivity contribution in [1.82, 2.24) is 9.21 Å². The molecule has 2 aromatic rings. The average molecular weight is 572 g/mol. The summed E-state index contributed by atoms with van der Waals surface area (Å²) in [7, 11) is -1.57. The lowest BCUT2D eigenvalue weighted by Crippen LogP contribution is -2.47. The minimum atomic E-state index is -3.57. The van der Waals surface area contributed by atoms with E-state index < -0.39 is 10.0 Å². The van der Waals surface area contributed by atoms with E-state index in [9.17, 15) is 8.42 Å². The number of rotatable bonds is 7. The van der Waals surface area contributed by atoms with E-state index in [1.54, 1.807) is 22.5 Å². The lowest BCUT2D eigenvalue weighted by atomic mass is 10.0. The monoisotopic (exact) mass is 571 g/mol. The number of anilines is 1. The van der Waals surface area contributed by atoms with Gasteiger partial charge < -0.3 is 16.0 Å². The third-order valence-corrected chi connectivity index (χ3v) is 7.72. The zero-order valence-electron chi connectivity index (χ0n) is 19.0. The fourth-order valence-electron chi connectivity index (χ4n) is 3.79. The first-order chi connectivity index (χ1) is 14.9. The molecule has 1 aliphatic rings. The SMILES string of the molecule is CCc1cccc(CC)c1NC(N)=NCc1ccccc1S(=O)(=O)N1CCN(C)CC1.I. The van der Waals surface area contributed by atoms with Crippen molar-refractivity contribution in [2.75, 3.05) is 38.5 Å². The Labute approximate surface area is 209 Å². The summed E-state index contributed by atoms with van der Waals surface area (Å²) in [5.41, 5.74) is 10.2. The highest BCUT2D eigenvalue weighted by Gasteiger charge is 2.29. The summed E-state index contributed by atoms with van der Waals surface area (Å²) in [4.78, 5) is 6.90. The zero-order chi connectivity index (χ0) is 22.4. The molecule has 0 unspecified atom stereocenters. The first-order valence-electron chi connectivity index (χ1n) is 10.8. The van der Waals surface area contributed by atoms with Crippen molar-refractivity contribution in [3.63, 3.8) is 0 Å². The van der Waals surface area contributed by atoms with Gasteiger partial charge in [-0.05, 0) is 42.6 Å². The number of halogens is 1. The summed E-state index contributed by atoms with van der Waals surface area (Å²) in [6.45, 7) is 6.85. The van der Waals surface area contributed by atoms with Crippen molar-refractivity contribution < 1.29 is 8.42 Å². The Balaban J connectivity index is 0.00000363. The maximum atomic E-state index is 13.2. The molecular formula is C23H34IN5O2S. The van der Waals surface area contributed by atoms with E-state index in [-0.39, 0.29) is 36.5 Å². The summed E-state index contributed by atoms with van der Waals surface area (Å²) in [5.74, 6) is 0.280. The predicted octanol–water partition coefficient (Wildman–Crippen LogP) is 3.29. The molecule has 0 atom stereocenters. The van der Waals surface area contributed by atoms with Gasteiger partial charge in [-0.1, -0.05) is 50.2 Å². The number of benzene rings is 2. The van der Waals surface area contributed by atoms with E-state index in [1.807, 2.05) is 13.1 Å². The number of nitrogens with two attached hydrogens (primary N) is 1. The lowest BCUT2D eigenvalue weighted by Gasteiger charge is -2.32. The Morgan fingerprint density at radius 3 is 2.12 bits per heavy atom. The molecule has 0 bridgehead atoms. The number of guanidine groups is 1. The van der Waals surface area contributed by atoms with Crippen LogP contribution in [0.1, 0.15) is 30.5 Å². The Kier molecular flexibility index (Phi) is 9.93. The zero-order valence-corrected chi connectivity index (χ0v) is 22.2. The third-order valence-electron chi connectivity index (χ3n) is 5.72. The number of nitrogens with zero attached hydrogens (tertiary/aromatic N) is 3. The molecule has 9 heteroatoms. The van der Waals surface area contributed by atoms with Crippen LogP contribution in [-0.4, -0.2) is 56.8 Å². The molecule has 0 radical (unpaired) electrons. The fourth-order valence-corrected chi connectivity index (χ4v) is 5.43. The van der Waals surface area contributed by atoms with Crippen LogP contribution in [-0.2, 0) is 29.4 Å². The van der Waals surface area contributed by atoms with Gasteiger partial charge in [0, 0.05) is 31.9 Å². The van der Waals surface area contributed by atoms with Gasteiger partial charge in [0.25, 0.3) is 0 Å². The number of aliphatic imine (C=N–C) groups is 1. The predicted molar refractivity (Wildman–Crippen MR) is 142 cm³/mol. The van der Waals surface area contributed by atoms with Gasteiger partial charge in [-0.3, -0.25) is 0 Å². The molecule has 1 heterocycles. The van der Waals surface area contributed by atoms with E-state index in [0.29, 0.717) is 23.5 Å². The number of hydrogen-bond acceptors (Lipinski definition) is 4. The summed E-state index contributed by atoms with van der Waals surface area (Å²) < 4.78 is 28.0. The van der Waals surface area contributed by atoms with Gasteiger partial charge in [0.2, 0.25) is 10.0 Å². The van der Waals surface area contributed by atoms with Crippen molar-refractivity contribution >= 4 is 45.6 Å². The van der Waals surface area contributed by atoms with Gasteiger partial charge in [-0.2, -0.15) is 4.31 Å². The molecule has 3 rings (SSSR count). The standard InChI is InChI=1S/C23H33N5O2S.HI/c1-4-18-10-8-11-19(5-2)22(18)26-23(24)25-17-20-9-6-7-12-21(20)31(29,30)28-15-13-27(3)14-16-28;/h6-12H,4-5,13-17H2,1-3H3,(H3,24,25,26);1H. The molecule has 0 spiro atoms. The minimum absolute atomic E-state index is 0. The van der Waals surface area contributed by atoms with Crippen LogP contribution in [0, 0.1) is 0 Å². The molecular weight excluding hydrogens is 537 g/mol. The van der Waals surface area contributed by atoms with Crippen molar-refractivity contribution in [1.29, 1.82) is 0 Å². The van der Waals surface area contributed by atoms with Crippen LogP contribution >= 0.6 is 24.0 Å². The minimum Gasteiger partial charge on any atom is -0.370 e. The molecule has 0 aliphatic carbocycles. The van der Waals surface area contributed by atoms with E-state index in [1.165, 1.54) is 11.1 Å². The van der Waals surface area contributed by atoms with Gasteiger partial charge in [0.15, 0.2) is 5.96 Å². The molecule has 0 aromatic heterocycles. The summed E-state index contributed by atoms with van der Waals surface area (Å²) >= 11 is 0. The van der Waals surface area contributed by atoms with Crippen LogP contribution < -0.4 is 11.1 Å². The molecule has 3 N–H and O–H groups in total. The van der Waals surface area contributed by atoms with E-state index in [4.69, 9.17) is 5.73 Å². The Morgan fingerprint density at radius 1 is 0.969 bits per heavy atom. The topological polar surface area (TPSA) is 91.0 Å². The average Bonchev–Trinajstić information content (AvgIpc) is 2.78. The second-order valence-corrected chi connectivity index (χ2v) is 9.71. The molecule has 0 saturated carbocycles. The molecule has 7 nitrogen and oxygen atoms in total. The summed E-state index contributed by atoms with van der Waals surface area (Å²) in [6.07, 6.45) is 1.77. The Morgan fingerprint density at radius 2 is 1.53 bits per heavy atom. The van der Waals surface area contributed by atoms with Gasteiger partial charge in [-0.15, -0.1) is 24.0 Å². The molecule has 32 heavy (non-hydrogen) atoms. The number of sulfonamides is 1. The molecule has 1 aliphatic heterocycles. The van der Waals surface area contributed by atoms with Crippen molar-refractivity contribution in [2.24, 2.45) is 10.7 Å². The Hall–Kier alpha value is -1.69. The second-order valence-electron chi connectivity index (χ2n) is 7.80. The van der Waals surface area contributed by atoms with Crippen LogP contribution in [0.2, 0.25) is 0 Å². The third kappa shape index (κ3) is 6.21. The summed E-state index contributed by atoms with van der Waals surface area (Å²) in [5, 5.41) is 3.24. The number of likely N-dealkylation sites (N-methyl/N-ethyl adjacent to an activating group) is 1. The van der Waals surface area contributed by atoms with E-state index in [2.05, 4.69) is 47.3 Å². The largest absolute Gasteiger partial charge is 0.370 e. The van der Waals surface area contributed by atoms with Crippen molar-refractivity contribution in [3.8, 4) is 0 Å². The number of nitrogens with one attached hydrogen (secondary N) is 1. The maximum absolute atomic E-state index is 13.2. The first-order valence-corrected chi connectivity index (χ1v) is 12.2. The maximum Gasteiger partial charge on any atom is 0.243 e. The molecule has 0 amide bonds. The van der Waals surface area contributed by atoms with Crippen molar-refractivity contribution in [2.45, 2.75) is 38.1 Å². The quantitative estimate of drug-likeness (QED) is 0.303. The van der Waals surface area contributed by atoms with Gasteiger partial charge in [-0.25, -0.2) is 13.4 Å². The smallest absolute Gasteiger partial charge is 0.243 e. The normalized spacial score (nSPS) is 15.9. The molecule has 1 fully saturated rings. The Bertz CT molecular complexity index is 1010. The highest BCUT2D eigenvalue weighted by molar-refractivity contribution is 14.0.